The topological polar surface area (TPSA) is 13.1 Å². The Balaban J connectivity index is 1.24. The first-order chi connectivity index (χ1) is 31.5. The second-order valence-corrected chi connectivity index (χ2v) is 12.5. The standard InChI is InChI=1S/C50H30O/c1-2-12-33-29-37(21-20-31(33)10-1)48-41-15-5-7-17-43(41)49(44-18-8-6-16-42(44)48)40-19-9-13-36-28-34(22-25-38(36)40)35-23-26-45-47(30-35)51-46-27-24-32-11-3-4-14-39(32)50(45)46/h1-30H/i1D,2D,5D,6D,7D,8D,10D,12D,15D,16D,17D,18D,20D,21D,29D. The van der Waals surface area contributed by atoms with E-state index in [1.54, 1.807) is 12.1 Å². The van der Waals surface area contributed by atoms with Crippen molar-refractivity contribution >= 4 is 75.8 Å². The molecule has 11 rings (SSSR count). The lowest BCUT2D eigenvalue weighted by molar-refractivity contribution is 0.669. The van der Waals surface area contributed by atoms with Gasteiger partial charge in [0.15, 0.2) is 0 Å². The molecule has 0 fully saturated rings. The van der Waals surface area contributed by atoms with Crippen molar-refractivity contribution in [3.63, 3.8) is 0 Å². The molecule has 1 aromatic heterocycles. The van der Waals surface area contributed by atoms with Crippen molar-refractivity contribution in [2.24, 2.45) is 0 Å². The van der Waals surface area contributed by atoms with Crippen molar-refractivity contribution in [1.29, 1.82) is 0 Å². The lowest BCUT2D eigenvalue weighted by Crippen LogP contribution is -1.92. The van der Waals surface area contributed by atoms with E-state index in [0.29, 0.717) is 21.9 Å². The maximum atomic E-state index is 9.49. The molecule has 1 heterocycles. The second kappa shape index (κ2) is 10.9. The average Bonchev–Trinajstić information content (AvgIpc) is 3.71. The summed E-state index contributed by atoms with van der Waals surface area (Å²) in [5.41, 5.74) is 2.69. The van der Waals surface area contributed by atoms with Gasteiger partial charge in [0.25, 0.3) is 0 Å². The average molecular weight is 662 g/mol. The van der Waals surface area contributed by atoms with Gasteiger partial charge in [-0.25, -0.2) is 0 Å². The van der Waals surface area contributed by atoms with Crippen molar-refractivity contribution in [1.82, 2.24) is 0 Å². The van der Waals surface area contributed by atoms with Crippen LogP contribution in [0.5, 0.6) is 0 Å². The Labute approximate surface area is 315 Å². The van der Waals surface area contributed by atoms with Gasteiger partial charge in [0, 0.05) is 10.8 Å². The van der Waals surface area contributed by atoms with Gasteiger partial charge in [-0.05, 0) is 118 Å². The second-order valence-electron chi connectivity index (χ2n) is 12.5. The molecule has 0 aliphatic heterocycles. The predicted molar refractivity (Wildman–Crippen MR) is 218 cm³/mol. The quantitative estimate of drug-likeness (QED) is 0.172. The van der Waals surface area contributed by atoms with Crippen LogP contribution in [0.3, 0.4) is 0 Å². The summed E-state index contributed by atoms with van der Waals surface area (Å²) in [7, 11) is 0. The maximum Gasteiger partial charge on any atom is 0.136 e. The lowest BCUT2D eigenvalue weighted by atomic mass is 9.84. The third-order valence-electron chi connectivity index (χ3n) is 9.72. The zero-order valence-electron chi connectivity index (χ0n) is 41.6. The highest BCUT2D eigenvalue weighted by molar-refractivity contribution is 6.24. The van der Waals surface area contributed by atoms with Gasteiger partial charge >= 0.3 is 0 Å². The van der Waals surface area contributed by atoms with Gasteiger partial charge in [0.1, 0.15) is 11.2 Å². The van der Waals surface area contributed by atoms with Gasteiger partial charge in [-0.15, -0.1) is 0 Å². The van der Waals surface area contributed by atoms with Gasteiger partial charge in [0.05, 0.1) is 20.6 Å². The first kappa shape index (κ1) is 17.3. The highest BCUT2D eigenvalue weighted by Crippen LogP contribution is 2.46. The smallest absolute Gasteiger partial charge is 0.136 e. The summed E-state index contributed by atoms with van der Waals surface area (Å²) >= 11 is 0. The third-order valence-corrected chi connectivity index (χ3v) is 9.72. The molecule has 0 bridgehead atoms. The Morgan fingerprint density at radius 3 is 1.84 bits per heavy atom. The fourth-order valence-electron chi connectivity index (χ4n) is 7.46. The zero-order valence-corrected chi connectivity index (χ0v) is 26.6. The van der Waals surface area contributed by atoms with E-state index >= 15 is 0 Å². The molecule has 1 heteroatoms. The van der Waals surface area contributed by atoms with E-state index in [4.69, 9.17) is 16.8 Å². The Morgan fingerprint density at radius 1 is 0.373 bits per heavy atom. The largest absolute Gasteiger partial charge is 0.456 e. The summed E-state index contributed by atoms with van der Waals surface area (Å²) < 4.78 is 141. The normalized spacial score (nSPS) is 16.0. The van der Waals surface area contributed by atoms with Crippen molar-refractivity contribution in [2.45, 2.75) is 0 Å². The molecule has 0 radical (unpaired) electrons. The molecule has 0 spiro atoms. The van der Waals surface area contributed by atoms with Crippen molar-refractivity contribution in [2.75, 3.05) is 0 Å². The van der Waals surface area contributed by atoms with Crippen LogP contribution in [-0.2, 0) is 0 Å². The third kappa shape index (κ3) is 4.28. The Kier molecular flexibility index (Phi) is 3.70. The van der Waals surface area contributed by atoms with E-state index in [0.717, 1.165) is 38.3 Å². The Hall–Kier alpha value is -6.70. The van der Waals surface area contributed by atoms with E-state index in [1.807, 2.05) is 66.7 Å². The number of rotatable bonds is 3. The molecule has 0 atom stereocenters. The molecule has 0 unspecified atom stereocenters. The summed E-state index contributed by atoms with van der Waals surface area (Å²) in [5, 5.41) is 3.65. The van der Waals surface area contributed by atoms with Crippen LogP contribution >= 0.6 is 0 Å². The molecule has 0 amide bonds. The van der Waals surface area contributed by atoms with Gasteiger partial charge in [-0.1, -0.05) is 151 Å². The van der Waals surface area contributed by atoms with Crippen molar-refractivity contribution in [3.8, 4) is 33.4 Å². The summed E-state index contributed by atoms with van der Waals surface area (Å²) in [4.78, 5) is 0. The van der Waals surface area contributed by atoms with Crippen molar-refractivity contribution < 1.29 is 25.0 Å². The highest BCUT2D eigenvalue weighted by atomic mass is 16.3. The summed E-state index contributed by atoms with van der Waals surface area (Å²) in [6.45, 7) is 0. The molecule has 51 heavy (non-hydrogen) atoms. The molecular weight excluding hydrogens is 617 g/mol. The monoisotopic (exact) mass is 661 g/mol. The molecule has 10 aromatic carbocycles. The van der Waals surface area contributed by atoms with Crippen LogP contribution in [0.2, 0.25) is 0 Å². The molecule has 1 nitrogen and oxygen atoms in total. The SMILES string of the molecule is [2H]c1c([2H])c([2H])c2c([2H])c(-c3c4c([2H])c([2H])c([2H])c([2H])c4c(-c4cccc5cc(-c6ccc7c(c6)oc6ccc8ccccc8c67)ccc45)c4c([2H])c([2H])c([2H])c([2H])c34)c([2H])c([2H])c2c1[2H]. The van der Waals surface area contributed by atoms with E-state index in [9.17, 15) is 8.22 Å². The molecule has 0 aliphatic carbocycles. The van der Waals surface area contributed by atoms with Crippen LogP contribution in [0.15, 0.2) is 186 Å². The molecule has 0 saturated carbocycles. The highest BCUT2D eigenvalue weighted by Gasteiger charge is 2.19. The van der Waals surface area contributed by atoms with Crippen LogP contribution in [0.25, 0.3) is 109 Å². The Bertz CT molecular complexity index is 3980. The number of benzene rings is 10. The predicted octanol–water partition coefficient (Wildman–Crippen LogP) is 14.4. The number of fused-ring (bicyclic) bond motifs is 9. The fraction of sp³-hybridized carbons (Fsp3) is 0. The van der Waals surface area contributed by atoms with Gasteiger partial charge < -0.3 is 4.42 Å². The first-order valence-electron chi connectivity index (χ1n) is 23.9. The van der Waals surface area contributed by atoms with E-state index < -0.39 is 107 Å². The van der Waals surface area contributed by atoms with E-state index in [1.165, 1.54) is 0 Å². The van der Waals surface area contributed by atoms with Crippen LogP contribution in [0.4, 0.5) is 0 Å². The molecule has 0 N–H and O–H groups in total. The van der Waals surface area contributed by atoms with Crippen LogP contribution in [0, 0.1) is 0 Å². The minimum Gasteiger partial charge on any atom is -0.456 e. The zero-order chi connectivity index (χ0) is 46.5. The molecule has 0 aliphatic rings. The van der Waals surface area contributed by atoms with Crippen molar-refractivity contribution in [3.05, 3.63) is 182 Å². The minimum atomic E-state index is -0.737. The van der Waals surface area contributed by atoms with Gasteiger partial charge in [0.2, 0.25) is 0 Å². The van der Waals surface area contributed by atoms with Gasteiger partial charge in [-0.3, -0.25) is 0 Å². The minimum absolute atomic E-state index is 0.0453. The van der Waals surface area contributed by atoms with E-state index in [-0.39, 0.29) is 32.7 Å². The van der Waals surface area contributed by atoms with Gasteiger partial charge in [-0.2, -0.15) is 0 Å². The van der Waals surface area contributed by atoms with Crippen LogP contribution in [0.1, 0.15) is 20.6 Å². The summed E-state index contributed by atoms with van der Waals surface area (Å²) in [5.74, 6) is 0. The maximum absolute atomic E-state index is 9.49. The number of furan rings is 1. The molecule has 11 aromatic rings. The first-order valence-corrected chi connectivity index (χ1v) is 16.4. The van der Waals surface area contributed by atoms with Crippen LogP contribution < -0.4 is 0 Å². The molecule has 0 saturated heterocycles. The number of hydrogen-bond donors (Lipinski definition) is 0. The lowest BCUT2D eigenvalue weighted by Gasteiger charge is -2.19. The fourth-order valence-corrected chi connectivity index (χ4v) is 7.46. The molecular formula is C50H30O. The van der Waals surface area contributed by atoms with Crippen LogP contribution in [-0.4, -0.2) is 0 Å². The molecule has 236 valence electrons. The summed E-state index contributed by atoms with van der Waals surface area (Å²) in [6, 6.07) is 19.1. The van der Waals surface area contributed by atoms with E-state index in [2.05, 4.69) is 12.1 Å². The summed E-state index contributed by atoms with van der Waals surface area (Å²) in [6.07, 6.45) is 0. The Morgan fingerprint density at radius 2 is 1.04 bits per heavy atom. The number of hydrogen-bond acceptors (Lipinski definition) is 1.